The topological polar surface area (TPSA) is 70.2 Å². The van der Waals surface area contributed by atoms with Gasteiger partial charge in [-0.3, -0.25) is 10.1 Å². The maximum absolute atomic E-state index is 10.9. The highest BCUT2D eigenvalue weighted by molar-refractivity contribution is 5.95. The zero-order valence-corrected chi connectivity index (χ0v) is 18.0. The Kier molecular flexibility index (Phi) is 4.87. The van der Waals surface area contributed by atoms with E-state index in [4.69, 9.17) is 0 Å². The van der Waals surface area contributed by atoms with E-state index in [9.17, 15) is 15.4 Å². The molecular weight excluding hydrogens is 386 g/mol. The van der Waals surface area contributed by atoms with E-state index in [0.29, 0.717) is 11.1 Å². The van der Waals surface area contributed by atoms with Gasteiger partial charge < -0.3 is 4.90 Å². The highest BCUT2D eigenvalue weighted by Crippen LogP contribution is 2.50. The number of non-ortho nitro benzene ring substituents is 1. The predicted octanol–water partition coefficient (Wildman–Crippen LogP) is 6.03. The van der Waals surface area contributed by atoms with E-state index >= 15 is 0 Å². The summed E-state index contributed by atoms with van der Waals surface area (Å²) in [4.78, 5) is 12.6. The highest BCUT2D eigenvalue weighted by atomic mass is 16.6. The number of nitro groups is 1. The molecule has 0 radical (unpaired) electrons. The first-order valence-corrected chi connectivity index (χ1v) is 10.1. The lowest BCUT2D eigenvalue weighted by molar-refractivity contribution is -0.384. The lowest BCUT2D eigenvalue weighted by Gasteiger charge is -2.24. The van der Waals surface area contributed by atoms with Crippen LogP contribution in [0.4, 0.5) is 11.4 Å². The Morgan fingerprint density at radius 2 is 1.71 bits per heavy atom. The molecule has 1 aliphatic rings. The van der Waals surface area contributed by atoms with Crippen LogP contribution in [0.15, 0.2) is 60.7 Å². The van der Waals surface area contributed by atoms with E-state index in [2.05, 4.69) is 61.2 Å². The number of rotatable bonds is 4. The van der Waals surface area contributed by atoms with Gasteiger partial charge in [-0.25, -0.2) is 0 Å². The Bertz CT molecular complexity index is 1260. The van der Waals surface area contributed by atoms with Crippen LogP contribution in [0.5, 0.6) is 0 Å². The van der Waals surface area contributed by atoms with E-state index in [0.717, 1.165) is 11.3 Å². The SMILES string of the molecule is CN(C)c1cc2c(cc1/C=C(\C#N)c1ccc([N+](=O)[O-])cc1)-c1ccccc1C2(C)C. The minimum atomic E-state index is -0.441. The van der Waals surface area contributed by atoms with Crippen molar-refractivity contribution in [2.45, 2.75) is 19.3 Å². The van der Waals surface area contributed by atoms with Crippen molar-refractivity contribution in [3.63, 3.8) is 0 Å². The average Bonchev–Trinajstić information content (AvgIpc) is 2.98. The van der Waals surface area contributed by atoms with E-state index < -0.39 is 4.92 Å². The zero-order valence-electron chi connectivity index (χ0n) is 18.0. The number of fused-ring (bicyclic) bond motifs is 3. The molecule has 4 rings (SSSR count). The van der Waals surface area contributed by atoms with E-state index in [1.165, 1.54) is 34.4 Å². The van der Waals surface area contributed by atoms with Crippen molar-refractivity contribution in [3.8, 4) is 17.2 Å². The first-order valence-electron chi connectivity index (χ1n) is 10.1. The molecule has 0 atom stereocenters. The number of allylic oxidation sites excluding steroid dienone is 1. The Hall–Kier alpha value is -3.91. The van der Waals surface area contributed by atoms with Gasteiger partial charge in [0.2, 0.25) is 0 Å². The third-order valence-corrected chi connectivity index (χ3v) is 6.02. The molecule has 0 aliphatic heterocycles. The van der Waals surface area contributed by atoms with Crippen LogP contribution in [0.25, 0.3) is 22.8 Å². The quantitative estimate of drug-likeness (QED) is 0.228. The Labute approximate surface area is 182 Å². The summed E-state index contributed by atoms with van der Waals surface area (Å²) in [6.07, 6.45) is 1.87. The van der Waals surface area contributed by atoms with Crippen molar-refractivity contribution < 1.29 is 4.92 Å². The molecule has 3 aromatic carbocycles. The van der Waals surface area contributed by atoms with Gasteiger partial charge in [-0.05, 0) is 63.7 Å². The molecule has 0 fully saturated rings. The third kappa shape index (κ3) is 3.36. The average molecular weight is 409 g/mol. The van der Waals surface area contributed by atoms with E-state index in [1.807, 2.05) is 20.2 Å². The lowest BCUT2D eigenvalue weighted by atomic mass is 9.82. The largest absolute Gasteiger partial charge is 0.377 e. The normalized spacial score (nSPS) is 13.8. The van der Waals surface area contributed by atoms with Gasteiger partial charge >= 0.3 is 0 Å². The van der Waals surface area contributed by atoms with Crippen molar-refractivity contribution >= 4 is 23.0 Å². The van der Waals surface area contributed by atoms with Gasteiger partial charge in [0.15, 0.2) is 0 Å². The molecule has 0 saturated heterocycles. The smallest absolute Gasteiger partial charge is 0.269 e. The van der Waals surface area contributed by atoms with Gasteiger partial charge in [-0.15, -0.1) is 0 Å². The minimum absolute atomic E-state index is 0.00592. The molecular formula is C26H23N3O2. The Morgan fingerprint density at radius 3 is 2.32 bits per heavy atom. The molecule has 0 N–H and O–H groups in total. The van der Waals surface area contributed by atoms with Crippen LogP contribution in [0.2, 0.25) is 0 Å². The Morgan fingerprint density at radius 1 is 1.03 bits per heavy atom. The predicted molar refractivity (Wildman–Crippen MR) is 125 cm³/mol. The summed E-state index contributed by atoms with van der Waals surface area (Å²) in [6, 6.07) is 21.2. The number of hydrogen-bond acceptors (Lipinski definition) is 4. The van der Waals surface area contributed by atoms with Crippen molar-refractivity contribution in [2.75, 3.05) is 19.0 Å². The second-order valence-electron chi connectivity index (χ2n) is 8.50. The lowest BCUT2D eigenvalue weighted by Crippen LogP contribution is -2.17. The van der Waals surface area contributed by atoms with Crippen LogP contribution in [0, 0.1) is 21.4 Å². The van der Waals surface area contributed by atoms with Gasteiger partial charge in [0.25, 0.3) is 5.69 Å². The number of nitrogens with zero attached hydrogens (tertiary/aromatic N) is 3. The van der Waals surface area contributed by atoms with Crippen molar-refractivity contribution in [3.05, 3.63) is 93.0 Å². The summed E-state index contributed by atoms with van der Waals surface area (Å²) in [6.45, 7) is 4.48. The molecule has 31 heavy (non-hydrogen) atoms. The molecule has 0 saturated carbocycles. The van der Waals surface area contributed by atoms with Crippen LogP contribution in [-0.4, -0.2) is 19.0 Å². The molecule has 0 heterocycles. The second-order valence-corrected chi connectivity index (χ2v) is 8.50. The van der Waals surface area contributed by atoms with Gasteiger partial charge in [0.05, 0.1) is 16.6 Å². The number of benzene rings is 3. The second kappa shape index (κ2) is 7.41. The molecule has 0 spiro atoms. The van der Waals surface area contributed by atoms with Crippen molar-refractivity contribution in [2.24, 2.45) is 0 Å². The van der Waals surface area contributed by atoms with E-state index in [1.54, 1.807) is 12.1 Å². The molecule has 1 aliphatic carbocycles. The molecule has 0 aromatic heterocycles. The molecule has 0 unspecified atom stereocenters. The fourth-order valence-electron chi connectivity index (χ4n) is 4.35. The Balaban J connectivity index is 1.89. The van der Waals surface area contributed by atoms with Gasteiger partial charge in [0, 0.05) is 37.3 Å². The summed E-state index contributed by atoms with van der Waals surface area (Å²) in [5.74, 6) is 0. The summed E-state index contributed by atoms with van der Waals surface area (Å²) in [5.41, 5.74) is 7.94. The third-order valence-electron chi connectivity index (χ3n) is 6.02. The monoisotopic (exact) mass is 409 g/mol. The number of nitriles is 1. The van der Waals surface area contributed by atoms with Crippen molar-refractivity contribution in [1.82, 2.24) is 0 Å². The maximum atomic E-state index is 10.9. The van der Waals surface area contributed by atoms with Crippen LogP contribution in [0.3, 0.4) is 0 Å². The summed E-state index contributed by atoms with van der Waals surface area (Å²) in [7, 11) is 3.98. The molecule has 5 heteroatoms. The maximum Gasteiger partial charge on any atom is 0.269 e. The van der Waals surface area contributed by atoms with Gasteiger partial charge in [-0.1, -0.05) is 38.1 Å². The molecule has 3 aromatic rings. The molecule has 154 valence electrons. The van der Waals surface area contributed by atoms with E-state index in [-0.39, 0.29) is 11.1 Å². The highest BCUT2D eigenvalue weighted by Gasteiger charge is 2.36. The summed E-state index contributed by atoms with van der Waals surface area (Å²) < 4.78 is 0. The fourth-order valence-corrected chi connectivity index (χ4v) is 4.35. The van der Waals surface area contributed by atoms with Crippen molar-refractivity contribution in [1.29, 1.82) is 5.26 Å². The van der Waals surface area contributed by atoms with Crippen LogP contribution >= 0.6 is 0 Å². The van der Waals surface area contributed by atoms with Crippen LogP contribution in [0.1, 0.15) is 36.1 Å². The fraction of sp³-hybridized carbons (Fsp3) is 0.192. The van der Waals surface area contributed by atoms with Crippen LogP contribution < -0.4 is 4.90 Å². The number of nitro benzene ring substituents is 1. The number of hydrogen-bond donors (Lipinski definition) is 0. The molecule has 0 bridgehead atoms. The zero-order chi connectivity index (χ0) is 22.3. The molecule has 5 nitrogen and oxygen atoms in total. The number of anilines is 1. The molecule has 0 amide bonds. The first-order chi connectivity index (χ1) is 14.7. The minimum Gasteiger partial charge on any atom is -0.377 e. The first kappa shape index (κ1) is 20.4. The standard InChI is InChI=1S/C26H23N3O2/c1-26(2)23-8-6-5-7-21(23)22-14-18(25(28(3)4)15-24(22)26)13-19(16-27)17-9-11-20(12-10-17)29(30)31/h5-15H,1-4H3/b19-13+. The summed E-state index contributed by atoms with van der Waals surface area (Å²) in [5, 5.41) is 20.8. The van der Waals surface area contributed by atoms with Crippen LogP contribution in [-0.2, 0) is 5.41 Å². The van der Waals surface area contributed by atoms with Gasteiger partial charge in [-0.2, -0.15) is 5.26 Å². The summed E-state index contributed by atoms with van der Waals surface area (Å²) >= 11 is 0. The van der Waals surface area contributed by atoms with Gasteiger partial charge in [0.1, 0.15) is 0 Å².